The van der Waals surface area contributed by atoms with Crippen LogP contribution < -0.4 is 15.9 Å². The number of nitrogens with two attached hydrogens (primary N) is 1. The Hall–Kier alpha value is -2.78. The fourth-order valence-electron chi connectivity index (χ4n) is 2.04. The third-order valence-corrected chi connectivity index (χ3v) is 4.57. The average molecular weight is 408 g/mol. The summed E-state index contributed by atoms with van der Waals surface area (Å²) in [5.41, 5.74) is 0.508. The number of nitrogens with one attached hydrogen (secondary N) is 1. The molecule has 7 nitrogen and oxygen atoms in total. The van der Waals surface area contributed by atoms with E-state index >= 15 is 0 Å². The Morgan fingerprint density at radius 2 is 1.89 bits per heavy atom. The van der Waals surface area contributed by atoms with Crippen molar-refractivity contribution >= 4 is 35.0 Å². The number of rotatable bonds is 7. The van der Waals surface area contributed by atoms with Crippen molar-refractivity contribution in [1.82, 2.24) is 14.9 Å². The fraction of sp³-hybridized carbons (Fsp3) is 0.118. The van der Waals surface area contributed by atoms with Gasteiger partial charge in [0.15, 0.2) is 5.82 Å². The van der Waals surface area contributed by atoms with Crippen molar-refractivity contribution in [3.05, 3.63) is 65.2 Å². The Morgan fingerprint density at radius 1 is 1.19 bits per heavy atom. The topological polar surface area (TPSA) is 95.1 Å². The van der Waals surface area contributed by atoms with Gasteiger partial charge >= 0.3 is 0 Å². The monoisotopic (exact) mass is 407 g/mol. The number of nitrogen functional groups attached to an aromatic ring is 1. The van der Waals surface area contributed by atoms with Crippen LogP contribution in [0.1, 0.15) is 5.82 Å². The molecule has 1 heterocycles. The first-order valence-corrected chi connectivity index (χ1v) is 9.13. The number of benzene rings is 2. The molecule has 1 aromatic heterocycles. The van der Waals surface area contributed by atoms with Gasteiger partial charge in [0.25, 0.3) is 0 Å². The zero-order chi connectivity index (χ0) is 19.2. The van der Waals surface area contributed by atoms with Gasteiger partial charge in [0.2, 0.25) is 11.1 Å². The van der Waals surface area contributed by atoms with Crippen LogP contribution in [0.2, 0.25) is 5.02 Å². The molecule has 1 amide bonds. The molecule has 0 atom stereocenters. The van der Waals surface area contributed by atoms with E-state index in [-0.39, 0.29) is 24.1 Å². The van der Waals surface area contributed by atoms with Crippen LogP contribution in [0.15, 0.2) is 53.7 Å². The van der Waals surface area contributed by atoms with Crippen molar-refractivity contribution in [3.63, 3.8) is 0 Å². The molecule has 140 valence electrons. The van der Waals surface area contributed by atoms with E-state index in [9.17, 15) is 9.18 Å². The normalized spacial score (nSPS) is 10.6. The van der Waals surface area contributed by atoms with Crippen LogP contribution in [0.4, 0.5) is 10.1 Å². The van der Waals surface area contributed by atoms with E-state index in [2.05, 4.69) is 15.5 Å². The van der Waals surface area contributed by atoms with Crippen molar-refractivity contribution in [1.29, 1.82) is 0 Å². The fourth-order valence-corrected chi connectivity index (χ4v) is 2.84. The Morgan fingerprint density at radius 3 is 2.59 bits per heavy atom. The lowest BCUT2D eigenvalue weighted by Crippen LogP contribution is -2.18. The van der Waals surface area contributed by atoms with Crippen molar-refractivity contribution in [3.8, 4) is 5.75 Å². The molecule has 3 rings (SSSR count). The molecule has 0 unspecified atom stereocenters. The molecule has 0 bridgehead atoms. The summed E-state index contributed by atoms with van der Waals surface area (Å²) in [5, 5.41) is 11.6. The first-order chi connectivity index (χ1) is 13.0. The van der Waals surface area contributed by atoms with E-state index in [1.807, 2.05) is 0 Å². The molecule has 0 aliphatic rings. The number of nitrogens with zero attached hydrogens (tertiary/aromatic N) is 3. The molecule has 2 aromatic carbocycles. The molecule has 0 aliphatic heterocycles. The summed E-state index contributed by atoms with van der Waals surface area (Å²) in [5.74, 6) is 6.41. The zero-order valence-corrected chi connectivity index (χ0v) is 15.5. The molecule has 3 aromatic rings. The van der Waals surface area contributed by atoms with Gasteiger partial charge in [-0.1, -0.05) is 23.4 Å². The molecule has 0 saturated heterocycles. The summed E-state index contributed by atoms with van der Waals surface area (Å²) in [6.07, 6.45) is 0. The molecule has 27 heavy (non-hydrogen) atoms. The lowest BCUT2D eigenvalue weighted by molar-refractivity contribution is -0.113. The summed E-state index contributed by atoms with van der Waals surface area (Å²) in [6, 6.07) is 12.4. The van der Waals surface area contributed by atoms with Crippen LogP contribution in [-0.2, 0) is 11.4 Å². The van der Waals surface area contributed by atoms with Crippen LogP contribution in [0, 0.1) is 5.82 Å². The van der Waals surface area contributed by atoms with Crippen LogP contribution in [0.5, 0.6) is 5.75 Å². The quantitative estimate of drug-likeness (QED) is 0.461. The highest BCUT2D eigenvalue weighted by Crippen LogP contribution is 2.19. The number of halogens is 2. The van der Waals surface area contributed by atoms with Gasteiger partial charge in [-0.3, -0.25) is 4.79 Å². The number of carbonyl (C=O) groups is 1. The highest BCUT2D eigenvalue weighted by atomic mass is 35.5. The summed E-state index contributed by atoms with van der Waals surface area (Å²) >= 11 is 6.95. The van der Waals surface area contributed by atoms with Gasteiger partial charge in [0.1, 0.15) is 18.2 Å². The van der Waals surface area contributed by atoms with Crippen molar-refractivity contribution in [2.24, 2.45) is 0 Å². The Labute approximate surface area is 163 Å². The van der Waals surface area contributed by atoms with Gasteiger partial charge < -0.3 is 15.9 Å². The van der Waals surface area contributed by atoms with Crippen LogP contribution in [-0.4, -0.2) is 26.5 Å². The highest BCUT2D eigenvalue weighted by Gasteiger charge is 2.13. The van der Waals surface area contributed by atoms with E-state index < -0.39 is 0 Å². The number of amides is 1. The molecular formula is C17H15ClFN5O2S. The number of carbonyl (C=O) groups excluding carboxylic acids is 1. The van der Waals surface area contributed by atoms with Gasteiger partial charge in [0.05, 0.1) is 5.75 Å². The molecule has 0 radical (unpaired) electrons. The van der Waals surface area contributed by atoms with E-state index in [0.717, 1.165) is 11.8 Å². The maximum Gasteiger partial charge on any atom is 0.234 e. The van der Waals surface area contributed by atoms with Crippen molar-refractivity contribution in [2.45, 2.75) is 11.8 Å². The van der Waals surface area contributed by atoms with Gasteiger partial charge in [-0.25, -0.2) is 9.07 Å². The van der Waals surface area contributed by atoms with E-state index in [1.54, 1.807) is 24.3 Å². The second-order valence-corrected chi connectivity index (χ2v) is 6.73. The van der Waals surface area contributed by atoms with Crippen LogP contribution >= 0.6 is 23.4 Å². The summed E-state index contributed by atoms with van der Waals surface area (Å²) < 4.78 is 19.7. The van der Waals surface area contributed by atoms with Crippen molar-refractivity contribution < 1.29 is 13.9 Å². The van der Waals surface area contributed by atoms with Crippen molar-refractivity contribution in [2.75, 3.05) is 16.9 Å². The molecule has 0 fully saturated rings. The molecule has 0 spiro atoms. The lowest BCUT2D eigenvalue weighted by atomic mass is 10.3. The molecular weight excluding hydrogens is 393 g/mol. The number of ether oxygens (including phenoxy) is 1. The van der Waals surface area contributed by atoms with Gasteiger partial charge in [-0.15, -0.1) is 10.2 Å². The largest absolute Gasteiger partial charge is 0.486 e. The third-order valence-electron chi connectivity index (χ3n) is 3.38. The average Bonchev–Trinajstić information content (AvgIpc) is 3.01. The van der Waals surface area contributed by atoms with E-state index in [4.69, 9.17) is 22.2 Å². The molecule has 3 N–H and O–H groups in total. The third kappa shape index (κ3) is 5.35. The zero-order valence-electron chi connectivity index (χ0n) is 13.9. The van der Waals surface area contributed by atoms with E-state index in [1.165, 1.54) is 28.9 Å². The number of hydrogen-bond donors (Lipinski definition) is 2. The second kappa shape index (κ2) is 8.74. The summed E-state index contributed by atoms with van der Waals surface area (Å²) in [7, 11) is 0. The Balaban J connectivity index is 1.51. The van der Waals surface area contributed by atoms with Gasteiger partial charge in [0, 0.05) is 10.7 Å². The maximum absolute atomic E-state index is 12.9. The van der Waals surface area contributed by atoms with Gasteiger partial charge in [-0.2, -0.15) is 0 Å². The molecule has 0 saturated carbocycles. The first kappa shape index (κ1) is 19.0. The summed E-state index contributed by atoms with van der Waals surface area (Å²) in [6.45, 7) is 0.119. The Kier molecular flexibility index (Phi) is 6.15. The first-order valence-electron chi connectivity index (χ1n) is 7.77. The maximum atomic E-state index is 12.9. The second-order valence-electron chi connectivity index (χ2n) is 5.36. The van der Waals surface area contributed by atoms with E-state index in [0.29, 0.717) is 27.4 Å². The minimum atomic E-state index is -0.369. The predicted octanol–water partition coefficient (Wildman–Crippen LogP) is 3.09. The smallest absolute Gasteiger partial charge is 0.234 e. The lowest BCUT2D eigenvalue weighted by Gasteiger charge is -2.07. The number of thioether (sulfide) groups is 1. The number of anilines is 1. The van der Waals surface area contributed by atoms with Crippen LogP contribution in [0.25, 0.3) is 0 Å². The molecule has 10 heteroatoms. The standard InChI is InChI=1S/C17H15ClFN5O2S/c18-11-1-7-14(8-2-11)26-9-15-22-23-17(24(15)20)27-10-16(25)21-13-5-3-12(19)4-6-13/h1-8H,9-10,20H2,(H,21,25). The predicted molar refractivity (Wildman–Crippen MR) is 102 cm³/mol. The molecule has 0 aliphatic carbocycles. The number of hydrogen-bond acceptors (Lipinski definition) is 6. The Bertz CT molecular complexity index is 918. The van der Waals surface area contributed by atoms with Gasteiger partial charge in [-0.05, 0) is 48.5 Å². The SMILES string of the molecule is Nn1c(COc2ccc(Cl)cc2)nnc1SCC(=O)Nc1ccc(F)cc1. The summed E-state index contributed by atoms with van der Waals surface area (Å²) in [4.78, 5) is 12.0. The number of aromatic nitrogens is 3. The van der Waals surface area contributed by atoms with Crippen LogP contribution in [0.3, 0.4) is 0 Å². The minimum Gasteiger partial charge on any atom is -0.486 e. The minimum absolute atomic E-state index is 0.0742. The highest BCUT2D eigenvalue weighted by molar-refractivity contribution is 7.99.